The summed E-state index contributed by atoms with van der Waals surface area (Å²) in [6, 6.07) is 4.66. The molecule has 1 atom stereocenters. The third kappa shape index (κ3) is 3.36. The fraction of sp³-hybridized carbons (Fsp3) is 0.231. The molecule has 0 aliphatic carbocycles. The summed E-state index contributed by atoms with van der Waals surface area (Å²) in [7, 11) is 0. The number of fused-ring (bicyclic) bond motifs is 1. The highest BCUT2D eigenvalue weighted by molar-refractivity contribution is 8.00. The molecule has 1 aliphatic rings. The number of carbonyl (C=O) groups is 2. The van der Waals surface area contributed by atoms with Crippen molar-refractivity contribution in [1.29, 1.82) is 0 Å². The Morgan fingerprint density at radius 2 is 2.08 bits per heavy atom. The van der Waals surface area contributed by atoms with Crippen LogP contribution in [0.4, 0.5) is 24.0 Å². The van der Waals surface area contributed by atoms with Gasteiger partial charge in [-0.1, -0.05) is 11.3 Å². The van der Waals surface area contributed by atoms with Crippen LogP contribution in [0.15, 0.2) is 23.1 Å². The molecule has 0 radical (unpaired) electrons. The monoisotopic (exact) mass is 374 g/mol. The predicted molar refractivity (Wildman–Crippen MR) is 83.3 cm³/mol. The number of amides is 2. The minimum atomic E-state index is -4.61. The van der Waals surface area contributed by atoms with Gasteiger partial charge in [0, 0.05) is 10.5 Å². The van der Waals surface area contributed by atoms with Crippen LogP contribution in [0.3, 0.4) is 0 Å². The lowest BCUT2D eigenvalue weighted by Gasteiger charge is -2.21. The molecule has 1 aliphatic heterocycles. The number of alkyl halides is 3. The fourth-order valence-electron chi connectivity index (χ4n) is 1.91. The Bertz CT molecular complexity index is 822. The molecule has 1 aromatic heterocycles. The first-order chi connectivity index (χ1) is 11.2. The second-order valence-corrected chi connectivity index (χ2v) is 7.18. The molecule has 2 heterocycles. The second-order valence-electron chi connectivity index (χ2n) is 4.82. The Hall–Kier alpha value is -2.14. The van der Waals surface area contributed by atoms with Gasteiger partial charge in [-0.3, -0.25) is 14.9 Å². The number of halogens is 3. The summed E-state index contributed by atoms with van der Waals surface area (Å²) in [5, 5.41) is 9.61. The largest absolute Gasteiger partial charge is 0.445 e. The fourth-order valence-corrected chi connectivity index (χ4v) is 3.44. The molecule has 0 saturated carbocycles. The molecule has 0 fully saturated rings. The van der Waals surface area contributed by atoms with E-state index >= 15 is 0 Å². The Morgan fingerprint density at radius 1 is 1.33 bits per heavy atom. The van der Waals surface area contributed by atoms with Crippen molar-refractivity contribution in [3.63, 3.8) is 0 Å². The van der Waals surface area contributed by atoms with Crippen molar-refractivity contribution in [2.45, 2.75) is 23.2 Å². The van der Waals surface area contributed by atoms with Gasteiger partial charge in [0.25, 0.3) is 5.91 Å². The minimum absolute atomic E-state index is 0.177. The first-order valence-corrected chi connectivity index (χ1v) is 8.27. The van der Waals surface area contributed by atoms with Crippen molar-refractivity contribution in [3.05, 3.63) is 28.8 Å². The van der Waals surface area contributed by atoms with E-state index in [-0.39, 0.29) is 33.2 Å². The van der Waals surface area contributed by atoms with Gasteiger partial charge >= 0.3 is 6.18 Å². The Labute approximate surface area is 141 Å². The smallest absolute Gasteiger partial charge is 0.324 e. The molecular formula is C13H9F3N4O2S2. The van der Waals surface area contributed by atoms with Crippen LogP contribution in [-0.2, 0) is 11.0 Å². The molecule has 24 heavy (non-hydrogen) atoms. The summed E-state index contributed by atoms with van der Waals surface area (Å²) in [4.78, 5) is 24.6. The lowest BCUT2D eigenvalue weighted by Crippen LogP contribution is -2.26. The van der Waals surface area contributed by atoms with Crippen LogP contribution in [0.25, 0.3) is 0 Å². The van der Waals surface area contributed by atoms with Crippen LogP contribution in [0, 0.1) is 0 Å². The number of nitrogens with one attached hydrogen (secondary N) is 2. The van der Waals surface area contributed by atoms with E-state index in [1.165, 1.54) is 23.9 Å². The number of thioether (sulfide) groups is 1. The highest BCUT2D eigenvalue weighted by Gasteiger charge is 2.35. The number of hydrogen-bond acceptors (Lipinski definition) is 6. The molecule has 0 bridgehead atoms. The average Bonchev–Trinajstić information content (AvgIpc) is 2.96. The molecule has 2 N–H and O–H groups in total. The maximum absolute atomic E-state index is 12.5. The molecule has 0 saturated heterocycles. The van der Waals surface area contributed by atoms with E-state index in [0.29, 0.717) is 5.69 Å². The number of carbonyl (C=O) groups excluding carboxylic acids is 2. The number of hydrogen-bond donors (Lipinski definition) is 2. The Balaban J connectivity index is 1.77. The zero-order valence-electron chi connectivity index (χ0n) is 12.0. The van der Waals surface area contributed by atoms with Crippen LogP contribution in [0.1, 0.15) is 22.3 Å². The zero-order valence-corrected chi connectivity index (χ0v) is 13.6. The van der Waals surface area contributed by atoms with Crippen molar-refractivity contribution in [2.24, 2.45) is 0 Å². The summed E-state index contributed by atoms with van der Waals surface area (Å²) in [5.41, 5.74) is 0.678. The summed E-state index contributed by atoms with van der Waals surface area (Å²) in [5.74, 6) is -0.815. The van der Waals surface area contributed by atoms with Crippen LogP contribution in [0.2, 0.25) is 0 Å². The minimum Gasteiger partial charge on any atom is -0.324 e. The Morgan fingerprint density at radius 3 is 2.75 bits per heavy atom. The number of rotatable bonds is 2. The standard InChI is InChI=1S/C13H9F3N4O2S2/c1-5-9(21)17-7-4-6(2-3-8(7)23-5)10(22)18-12-20-19-11(24-12)13(14,15)16/h2-5H,1H3,(H,17,21)(H,18,20,22). The quantitative estimate of drug-likeness (QED) is 0.843. The number of nitrogens with zero attached hydrogens (tertiary/aromatic N) is 2. The third-order valence-corrected chi connectivity index (χ3v) is 5.12. The SMILES string of the molecule is CC1Sc2ccc(C(=O)Nc3nnc(C(F)(F)F)s3)cc2NC1=O. The van der Waals surface area contributed by atoms with E-state index in [2.05, 4.69) is 20.8 Å². The van der Waals surface area contributed by atoms with Crippen LogP contribution in [-0.4, -0.2) is 27.3 Å². The normalized spacial score (nSPS) is 17.2. The van der Waals surface area contributed by atoms with Crippen LogP contribution >= 0.6 is 23.1 Å². The predicted octanol–water partition coefficient (Wildman–Crippen LogP) is 3.24. The topological polar surface area (TPSA) is 84.0 Å². The van der Waals surface area contributed by atoms with Gasteiger partial charge in [-0.15, -0.1) is 22.0 Å². The number of benzene rings is 1. The van der Waals surface area contributed by atoms with Crippen molar-refractivity contribution >= 4 is 45.7 Å². The lowest BCUT2D eigenvalue weighted by atomic mass is 10.2. The molecule has 11 heteroatoms. The summed E-state index contributed by atoms with van der Waals surface area (Å²) < 4.78 is 37.4. The maximum atomic E-state index is 12.5. The molecule has 1 unspecified atom stereocenters. The van der Waals surface area contributed by atoms with Crippen LogP contribution in [0.5, 0.6) is 0 Å². The number of anilines is 2. The first-order valence-electron chi connectivity index (χ1n) is 6.57. The summed E-state index contributed by atoms with van der Waals surface area (Å²) in [6.45, 7) is 1.76. The van der Waals surface area contributed by atoms with Gasteiger partial charge in [-0.2, -0.15) is 13.2 Å². The van der Waals surface area contributed by atoms with Gasteiger partial charge < -0.3 is 5.32 Å². The highest BCUT2D eigenvalue weighted by atomic mass is 32.2. The van der Waals surface area contributed by atoms with Crippen molar-refractivity contribution in [1.82, 2.24) is 10.2 Å². The molecule has 0 spiro atoms. The molecular weight excluding hydrogens is 365 g/mol. The molecule has 1 aromatic carbocycles. The van der Waals surface area contributed by atoms with Gasteiger partial charge in [0.1, 0.15) is 0 Å². The number of aromatic nitrogens is 2. The average molecular weight is 374 g/mol. The third-order valence-electron chi connectivity index (χ3n) is 3.06. The summed E-state index contributed by atoms with van der Waals surface area (Å²) in [6.07, 6.45) is -4.61. The molecule has 2 amide bonds. The van der Waals surface area contributed by atoms with Crippen molar-refractivity contribution < 1.29 is 22.8 Å². The van der Waals surface area contributed by atoms with E-state index in [4.69, 9.17) is 0 Å². The van der Waals surface area contributed by atoms with Crippen molar-refractivity contribution in [2.75, 3.05) is 10.6 Å². The molecule has 3 rings (SSSR count). The first kappa shape index (κ1) is 16.7. The van der Waals surface area contributed by atoms with E-state index in [9.17, 15) is 22.8 Å². The summed E-state index contributed by atoms with van der Waals surface area (Å²) >= 11 is 1.60. The van der Waals surface area contributed by atoms with E-state index in [0.717, 1.165) is 4.90 Å². The van der Waals surface area contributed by atoms with Gasteiger partial charge in [-0.05, 0) is 25.1 Å². The van der Waals surface area contributed by atoms with E-state index in [1.807, 2.05) is 0 Å². The van der Waals surface area contributed by atoms with Gasteiger partial charge in [-0.25, -0.2) is 0 Å². The van der Waals surface area contributed by atoms with Gasteiger partial charge in [0.15, 0.2) is 0 Å². The second kappa shape index (κ2) is 6.06. The van der Waals surface area contributed by atoms with Gasteiger partial charge in [0.05, 0.1) is 10.9 Å². The van der Waals surface area contributed by atoms with E-state index < -0.39 is 17.1 Å². The van der Waals surface area contributed by atoms with Gasteiger partial charge in [0.2, 0.25) is 16.0 Å². The lowest BCUT2D eigenvalue weighted by molar-refractivity contribution is -0.138. The highest BCUT2D eigenvalue weighted by Crippen LogP contribution is 2.36. The van der Waals surface area contributed by atoms with E-state index in [1.54, 1.807) is 13.0 Å². The molecule has 2 aromatic rings. The Kier molecular flexibility index (Phi) is 4.22. The maximum Gasteiger partial charge on any atom is 0.445 e. The molecule has 6 nitrogen and oxygen atoms in total. The van der Waals surface area contributed by atoms with Crippen LogP contribution < -0.4 is 10.6 Å². The molecule has 126 valence electrons. The zero-order chi connectivity index (χ0) is 17.5. The van der Waals surface area contributed by atoms with Crippen molar-refractivity contribution in [3.8, 4) is 0 Å².